The van der Waals surface area contributed by atoms with Gasteiger partial charge in [-0.15, -0.1) is 0 Å². The maximum atomic E-state index is 14.9. The van der Waals surface area contributed by atoms with Gasteiger partial charge in [-0.3, -0.25) is 4.79 Å². The lowest BCUT2D eigenvalue weighted by Gasteiger charge is -2.25. The highest BCUT2D eigenvalue weighted by Crippen LogP contribution is 2.58. The highest BCUT2D eigenvalue weighted by Gasteiger charge is 2.53. The number of benzene rings is 3. The molecular formula is C29H24F4N2O3. The molecule has 6 rings (SSSR count). The molecule has 0 aromatic heterocycles. The molecule has 196 valence electrons. The van der Waals surface area contributed by atoms with Gasteiger partial charge in [0.2, 0.25) is 0 Å². The first kappa shape index (κ1) is 24.5. The van der Waals surface area contributed by atoms with E-state index in [1.54, 1.807) is 18.2 Å². The lowest BCUT2D eigenvalue weighted by Crippen LogP contribution is -2.36. The van der Waals surface area contributed by atoms with Crippen LogP contribution in [0.25, 0.3) is 0 Å². The van der Waals surface area contributed by atoms with Gasteiger partial charge in [-0.25, -0.2) is 9.18 Å². The third-order valence-electron chi connectivity index (χ3n) is 8.05. The molecule has 9 heteroatoms. The van der Waals surface area contributed by atoms with E-state index in [0.717, 1.165) is 30.0 Å². The molecule has 5 nitrogen and oxygen atoms in total. The Morgan fingerprint density at radius 2 is 1.63 bits per heavy atom. The van der Waals surface area contributed by atoms with Crippen molar-refractivity contribution in [1.29, 1.82) is 0 Å². The number of carboxylic acids is 1. The number of amides is 1. The maximum Gasteiger partial charge on any atom is 0.419 e. The predicted octanol–water partition coefficient (Wildman–Crippen LogP) is 6.01. The number of anilines is 1. The number of alkyl halides is 3. The average Bonchev–Trinajstić information content (AvgIpc) is 3.80. The van der Waals surface area contributed by atoms with Crippen molar-refractivity contribution < 1.29 is 32.3 Å². The molecule has 0 radical (unpaired) electrons. The van der Waals surface area contributed by atoms with Gasteiger partial charge in [0.15, 0.2) is 0 Å². The summed E-state index contributed by atoms with van der Waals surface area (Å²) in [5.41, 5.74) is 0.811. The van der Waals surface area contributed by atoms with Gasteiger partial charge in [-0.1, -0.05) is 36.4 Å². The number of para-hydroxylation sites is 1. The number of rotatable bonds is 6. The molecular weight excluding hydrogens is 500 g/mol. The molecule has 3 aromatic carbocycles. The van der Waals surface area contributed by atoms with Gasteiger partial charge >= 0.3 is 12.1 Å². The monoisotopic (exact) mass is 524 g/mol. The third-order valence-corrected chi connectivity index (χ3v) is 8.05. The fourth-order valence-electron chi connectivity index (χ4n) is 5.69. The quantitative estimate of drug-likeness (QED) is 0.388. The fourth-order valence-corrected chi connectivity index (χ4v) is 5.69. The average molecular weight is 525 g/mol. The number of carbonyl (C=O) groups is 2. The molecule has 1 amide bonds. The second kappa shape index (κ2) is 8.31. The number of hydrogen-bond donors (Lipinski definition) is 2. The van der Waals surface area contributed by atoms with Gasteiger partial charge in [0, 0.05) is 24.1 Å². The standard InChI is InChI=1S/C29H24F4N2O3/c30-23-18(3-1-5-21(23)29(31,32)33)15-35-16-27(11-12-27)22-6-2-4-20(24(22)35)25(36)34-28(13-14-28)19-9-7-17(8-10-19)26(37)38/h1-10H,11-16H2,(H,34,36)(H,37,38). The maximum absolute atomic E-state index is 14.9. The largest absolute Gasteiger partial charge is 0.478 e. The second-order valence-electron chi connectivity index (χ2n) is 10.5. The topological polar surface area (TPSA) is 69.6 Å². The normalized spacial score (nSPS) is 18.3. The van der Waals surface area contributed by atoms with Crippen LogP contribution in [0, 0.1) is 5.82 Å². The number of halogens is 4. The SMILES string of the molecule is O=C(O)c1ccc(C2(NC(=O)c3cccc4c3N(Cc3cccc(C(F)(F)F)c3F)CC43CC3)CC2)cc1. The number of nitrogens with one attached hydrogen (secondary N) is 1. The van der Waals surface area contributed by atoms with Crippen molar-refractivity contribution in [2.45, 2.75) is 49.4 Å². The van der Waals surface area contributed by atoms with E-state index < -0.39 is 29.1 Å². The van der Waals surface area contributed by atoms with Crippen LogP contribution in [0.15, 0.2) is 60.7 Å². The molecule has 0 saturated heterocycles. The van der Waals surface area contributed by atoms with Crippen LogP contribution >= 0.6 is 0 Å². The molecule has 0 atom stereocenters. The summed E-state index contributed by atoms with van der Waals surface area (Å²) in [7, 11) is 0. The van der Waals surface area contributed by atoms with Crippen molar-refractivity contribution in [3.8, 4) is 0 Å². The molecule has 2 fully saturated rings. The molecule has 3 aliphatic rings. The first-order chi connectivity index (χ1) is 18.0. The molecule has 1 aliphatic heterocycles. The number of carbonyl (C=O) groups excluding carboxylic acids is 1. The van der Waals surface area contributed by atoms with Crippen LogP contribution in [0.3, 0.4) is 0 Å². The smallest absolute Gasteiger partial charge is 0.419 e. The van der Waals surface area contributed by atoms with E-state index in [4.69, 9.17) is 0 Å². The first-order valence-corrected chi connectivity index (χ1v) is 12.4. The number of nitrogens with zero attached hydrogens (tertiary/aromatic N) is 1. The van der Waals surface area contributed by atoms with Crippen LogP contribution < -0.4 is 10.2 Å². The summed E-state index contributed by atoms with van der Waals surface area (Å²) in [4.78, 5) is 26.7. The molecule has 38 heavy (non-hydrogen) atoms. The van der Waals surface area contributed by atoms with Crippen molar-refractivity contribution >= 4 is 17.6 Å². The summed E-state index contributed by atoms with van der Waals surface area (Å²) in [6, 6.07) is 15.1. The Morgan fingerprint density at radius 1 is 0.947 bits per heavy atom. The Bertz CT molecular complexity index is 1460. The molecule has 2 N–H and O–H groups in total. The van der Waals surface area contributed by atoms with E-state index in [9.17, 15) is 32.3 Å². The Kier molecular flexibility index (Phi) is 5.35. The van der Waals surface area contributed by atoms with Crippen molar-refractivity contribution in [2.75, 3.05) is 11.4 Å². The molecule has 0 bridgehead atoms. The summed E-state index contributed by atoms with van der Waals surface area (Å²) in [6.45, 7) is 0.417. The van der Waals surface area contributed by atoms with E-state index in [2.05, 4.69) is 5.32 Å². The van der Waals surface area contributed by atoms with Gasteiger partial charge in [-0.05, 0) is 61.1 Å². The predicted molar refractivity (Wildman–Crippen MR) is 132 cm³/mol. The van der Waals surface area contributed by atoms with E-state index in [1.807, 2.05) is 17.0 Å². The lowest BCUT2D eigenvalue weighted by molar-refractivity contribution is -0.140. The molecule has 1 heterocycles. The van der Waals surface area contributed by atoms with E-state index >= 15 is 0 Å². The van der Waals surface area contributed by atoms with Crippen LogP contribution in [0.2, 0.25) is 0 Å². The highest BCUT2D eigenvalue weighted by molar-refractivity contribution is 6.02. The van der Waals surface area contributed by atoms with Gasteiger partial charge in [0.05, 0.1) is 27.9 Å². The van der Waals surface area contributed by atoms with Gasteiger partial charge < -0.3 is 15.3 Å². The first-order valence-electron chi connectivity index (χ1n) is 12.4. The van der Waals surface area contributed by atoms with Crippen molar-refractivity contribution in [3.05, 3.63) is 99.9 Å². The number of carboxylic acid groups (broad SMARTS) is 1. The van der Waals surface area contributed by atoms with Crippen molar-refractivity contribution in [1.82, 2.24) is 5.32 Å². The molecule has 3 aromatic rings. The number of aromatic carboxylic acids is 1. The number of hydrogen-bond acceptors (Lipinski definition) is 3. The summed E-state index contributed by atoms with van der Waals surface area (Å²) in [5, 5.41) is 12.3. The minimum Gasteiger partial charge on any atom is -0.478 e. The zero-order valence-electron chi connectivity index (χ0n) is 20.2. The minimum atomic E-state index is -4.80. The van der Waals surface area contributed by atoms with E-state index in [0.29, 0.717) is 30.6 Å². The van der Waals surface area contributed by atoms with Crippen molar-refractivity contribution in [3.63, 3.8) is 0 Å². The molecule has 2 aliphatic carbocycles. The Labute approximate surface area is 216 Å². The van der Waals surface area contributed by atoms with Gasteiger partial charge in [-0.2, -0.15) is 13.2 Å². The second-order valence-corrected chi connectivity index (χ2v) is 10.5. The summed E-state index contributed by atoms with van der Waals surface area (Å²) in [6.07, 6.45) is -1.61. The summed E-state index contributed by atoms with van der Waals surface area (Å²) >= 11 is 0. The van der Waals surface area contributed by atoms with Crippen molar-refractivity contribution in [2.24, 2.45) is 0 Å². The van der Waals surface area contributed by atoms with Gasteiger partial charge in [0.1, 0.15) is 5.82 Å². The zero-order valence-corrected chi connectivity index (χ0v) is 20.2. The van der Waals surface area contributed by atoms with Crippen LogP contribution in [-0.4, -0.2) is 23.5 Å². The zero-order chi connectivity index (χ0) is 26.9. The van der Waals surface area contributed by atoms with Crippen LogP contribution in [-0.2, 0) is 23.7 Å². The van der Waals surface area contributed by atoms with Gasteiger partial charge in [0.25, 0.3) is 5.91 Å². The molecule has 1 spiro atoms. The Hall–Kier alpha value is -3.88. The Balaban J connectivity index is 1.32. The highest BCUT2D eigenvalue weighted by atomic mass is 19.4. The van der Waals surface area contributed by atoms with E-state index in [1.165, 1.54) is 24.3 Å². The lowest BCUT2D eigenvalue weighted by atomic mass is 9.96. The minimum absolute atomic E-state index is 0.0733. The summed E-state index contributed by atoms with van der Waals surface area (Å²) < 4.78 is 54.8. The molecule has 0 unspecified atom stereocenters. The van der Waals surface area contributed by atoms with E-state index in [-0.39, 0.29) is 29.0 Å². The van der Waals surface area contributed by atoms with Crippen LogP contribution in [0.1, 0.15) is 68.7 Å². The van der Waals surface area contributed by atoms with Crippen LogP contribution in [0.4, 0.5) is 23.2 Å². The Morgan fingerprint density at radius 3 is 2.24 bits per heavy atom. The third kappa shape index (κ3) is 4.01. The fraction of sp³-hybridized carbons (Fsp3) is 0.310. The number of fused-ring (bicyclic) bond motifs is 2. The summed E-state index contributed by atoms with van der Waals surface area (Å²) in [5.74, 6) is -2.65. The molecule has 2 saturated carbocycles. The van der Waals surface area contributed by atoms with Crippen LogP contribution in [0.5, 0.6) is 0 Å².